The molecule has 0 saturated carbocycles. The van der Waals surface area contributed by atoms with E-state index in [4.69, 9.17) is 17.3 Å². The number of nitrogens with two attached hydrogens (primary N) is 1. The van der Waals surface area contributed by atoms with Crippen LogP contribution in [0.25, 0.3) is 0 Å². The summed E-state index contributed by atoms with van der Waals surface area (Å²) in [5.74, 6) is 0.942. The van der Waals surface area contributed by atoms with Crippen molar-refractivity contribution in [1.29, 1.82) is 0 Å². The fourth-order valence-corrected chi connectivity index (χ4v) is 2.22. The van der Waals surface area contributed by atoms with Crippen LogP contribution in [0.15, 0.2) is 36.4 Å². The number of aryl methyl sites for hydroxylation is 1. The second kappa shape index (κ2) is 7.04. The van der Waals surface area contributed by atoms with Crippen molar-refractivity contribution >= 4 is 23.3 Å². The maximum absolute atomic E-state index is 11.1. The molecule has 1 aromatic carbocycles. The van der Waals surface area contributed by atoms with Crippen LogP contribution in [0.2, 0.25) is 5.15 Å². The van der Waals surface area contributed by atoms with Crippen molar-refractivity contribution in [3.63, 3.8) is 0 Å². The highest BCUT2D eigenvalue weighted by molar-refractivity contribution is 6.29. The SMILES string of the molecule is Cc1nc(Cl)cc(N(CCC(N)=O)Cc2ccccc2)n1. The van der Waals surface area contributed by atoms with Crippen molar-refractivity contribution in [2.45, 2.75) is 19.9 Å². The molecular formula is C15H17ClN4O. The largest absolute Gasteiger partial charge is 0.370 e. The Labute approximate surface area is 128 Å². The first kappa shape index (κ1) is 15.3. The number of halogens is 1. The second-order valence-electron chi connectivity index (χ2n) is 4.72. The molecule has 1 aromatic heterocycles. The Morgan fingerprint density at radius 2 is 2.00 bits per heavy atom. The highest BCUT2D eigenvalue weighted by Crippen LogP contribution is 2.18. The van der Waals surface area contributed by atoms with E-state index in [0.717, 1.165) is 5.56 Å². The number of amides is 1. The maximum Gasteiger partial charge on any atom is 0.219 e. The number of hydrogen-bond acceptors (Lipinski definition) is 4. The van der Waals surface area contributed by atoms with E-state index in [1.807, 2.05) is 35.2 Å². The van der Waals surface area contributed by atoms with E-state index in [2.05, 4.69) is 9.97 Å². The van der Waals surface area contributed by atoms with Crippen LogP contribution >= 0.6 is 11.6 Å². The molecule has 0 spiro atoms. The van der Waals surface area contributed by atoms with E-state index in [1.165, 1.54) is 0 Å². The molecule has 1 heterocycles. The van der Waals surface area contributed by atoms with Gasteiger partial charge in [0, 0.05) is 25.6 Å². The van der Waals surface area contributed by atoms with Gasteiger partial charge in [0.1, 0.15) is 16.8 Å². The molecule has 0 aliphatic rings. The van der Waals surface area contributed by atoms with E-state index in [1.54, 1.807) is 13.0 Å². The fourth-order valence-electron chi connectivity index (χ4n) is 2.00. The number of primary amides is 1. The lowest BCUT2D eigenvalue weighted by atomic mass is 10.2. The van der Waals surface area contributed by atoms with E-state index in [0.29, 0.717) is 29.9 Å². The average molecular weight is 305 g/mol. The Morgan fingerprint density at radius 3 is 2.62 bits per heavy atom. The first-order valence-corrected chi connectivity index (χ1v) is 7.01. The molecule has 0 bridgehead atoms. The molecule has 0 aliphatic carbocycles. The third kappa shape index (κ3) is 4.72. The van der Waals surface area contributed by atoms with Crippen molar-refractivity contribution in [2.24, 2.45) is 5.73 Å². The molecule has 110 valence electrons. The van der Waals surface area contributed by atoms with Crippen LogP contribution in [-0.4, -0.2) is 22.4 Å². The Bertz CT molecular complexity index is 598. The lowest BCUT2D eigenvalue weighted by molar-refractivity contribution is -0.117. The van der Waals surface area contributed by atoms with Gasteiger partial charge >= 0.3 is 0 Å². The number of nitrogens with zero attached hydrogens (tertiary/aromatic N) is 3. The molecule has 0 fully saturated rings. The number of hydrogen-bond donors (Lipinski definition) is 1. The summed E-state index contributed by atoms with van der Waals surface area (Å²) in [5.41, 5.74) is 6.37. The van der Waals surface area contributed by atoms with Gasteiger partial charge in [-0.3, -0.25) is 4.79 Å². The summed E-state index contributed by atoms with van der Waals surface area (Å²) in [4.78, 5) is 21.5. The van der Waals surface area contributed by atoms with Gasteiger partial charge in [-0.15, -0.1) is 0 Å². The van der Waals surface area contributed by atoms with Gasteiger partial charge < -0.3 is 10.6 Å². The number of rotatable bonds is 6. The minimum Gasteiger partial charge on any atom is -0.370 e. The summed E-state index contributed by atoms with van der Waals surface area (Å²) in [6.45, 7) is 2.89. The highest BCUT2D eigenvalue weighted by atomic mass is 35.5. The summed E-state index contributed by atoms with van der Waals surface area (Å²) in [5, 5.41) is 0.384. The van der Waals surface area contributed by atoms with Crippen LogP contribution in [-0.2, 0) is 11.3 Å². The smallest absolute Gasteiger partial charge is 0.219 e. The van der Waals surface area contributed by atoms with E-state index >= 15 is 0 Å². The quantitative estimate of drug-likeness (QED) is 0.831. The predicted molar refractivity (Wildman–Crippen MR) is 83.1 cm³/mol. The number of aromatic nitrogens is 2. The standard InChI is InChI=1S/C15H17ClN4O/c1-11-18-13(16)9-15(19-11)20(8-7-14(17)21)10-12-5-3-2-4-6-12/h2-6,9H,7-8,10H2,1H3,(H2,17,21). The first-order valence-electron chi connectivity index (χ1n) is 6.63. The zero-order valence-electron chi connectivity index (χ0n) is 11.8. The molecule has 0 saturated heterocycles. The minimum atomic E-state index is -0.343. The molecule has 0 radical (unpaired) electrons. The van der Waals surface area contributed by atoms with E-state index < -0.39 is 0 Å². The van der Waals surface area contributed by atoms with Crippen molar-refractivity contribution in [1.82, 2.24) is 9.97 Å². The van der Waals surface area contributed by atoms with Crippen LogP contribution in [0, 0.1) is 6.92 Å². The lowest BCUT2D eigenvalue weighted by Gasteiger charge is -2.23. The molecule has 21 heavy (non-hydrogen) atoms. The topological polar surface area (TPSA) is 72.1 Å². The van der Waals surface area contributed by atoms with Gasteiger partial charge in [-0.05, 0) is 12.5 Å². The molecule has 6 heteroatoms. The van der Waals surface area contributed by atoms with Gasteiger partial charge in [-0.2, -0.15) is 0 Å². The van der Waals surface area contributed by atoms with Gasteiger partial charge in [0.2, 0.25) is 5.91 Å². The zero-order chi connectivity index (χ0) is 15.2. The van der Waals surface area contributed by atoms with E-state index in [9.17, 15) is 4.79 Å². The first-order chi connectivity index (χ1) is 10.0. The Hall–Kier alpha value is -2.14. The number of benzene rings is 1. The summed E-state index contributed by atoms with van der Waals surface area (Å²) in [7, 11) is 0. The summed E-state index contributed by atoms with van der Waals surface area (Å²) in [6, 6.07) is 11.6. The summed E-state index contributed by atoms with van der Waals surface area (Å²) < 4.78 is 0. The van der Waals surface area contributed by atoms with Crippen LogP contribution in [0.1, 0.15) is 17.8 Å². The molecule has 1 amide bonds. The van der Waals surface area contributed by atoms with Crippen LogP contribution < -0.4 is 10.6 Å². The van der Waals surface area contributed by atoms with Crippen molar-refractivity contribution in [3.05, 3.63) is 52.9 Å². The third-order valence-corrected chi connectivity index (χ3v) is 3.16. The monoisotopic (exact) mass is 304 g/mol. The number of carbonyl (C=O) groups excluding carboxylic acids is 1. The lowest BCUT2D eigenvalue weighted by Crippen LogP contribution is -2.28. The highest BCUT2D eigenvalue weighted by Gasteiger charge is 2.12. The fraction of sp³-hybridized carbons (Fsp3) is 0.267. The van der Waals surface area contributed by atoms with Gasteiger partial charge in [0.05, 0.1) is 0 Å². The predicted octanol–water partition coefficient (Wildman–Crippen LogP) is 2.32. The molecule has 0 unspecified atom stereocenters. The van der Waals surface area contributed by atoms with Gasteiger partial charge in [0.15, 0.2) is 0 Å². The molecule has 2 N–H and O–H groups in total. The van der Waals surface area contributed by atoms with Gasteiger partial charge in [0.25, 0.3) is 0 Å². The molecule has 0 atom stereocenters. The Balaban J connectivity index is 2.24. The second-order valence-corrected chi connectivity index (χ2v) is 5.11. The minimum absolute atomic E-state index is 0.257. The Kier molecular flexibility index (Phi) is 5.11. The summed E-state index contributed by atoms with van der Waals surface area (Å²) in [6.07, 6.45) is 0.257. The number of carbonyl (C=O) groups is 1. The molecular weight excluding hydrogens is 288 g/mol. The van der Waals surface area contributed by atoms with Crippen LogP contribution in [0.4, 0.5) is 5.82 Å². The number of anilines is 1. The van der Waals surface area contributed by atoms with Gasteiger partial charge in [-0.1, -0.05) is 41.9 Å². The average Bonchev–Trinajstić information content (AvgIpc) is 2.43. The van der Waals surface area contributed by atoms with Crippen molar-refractivity contribution in [2.75, 3.05) is 11.4 Å². The van der Waals surface area contributed by atoms with Gasteiger partial charge in [-0.25, -0.2) is 9.97 Å². The molecule has 5 nitrogen and oxygen atoms in total. The molecule has 2 aromatic rings. The van der Waals surface area contributed by atoms with E-state index in [-0.39, 0.29) is 12.3 Å². The summed E-state index contributed by atoms with van der Waals surface area (Å²) >= 11 is 5.99. The zero-order valence-corrected chi connectivity index (χ0v) is 12.5. The maximum atomic E-state index is 11.1. The van der Waals surface area contributed by atoms with Crippen LogP contribution in [0.3, 0.4) is 0 Å². The normalized spacial score (nSPS) is 10.4. The van der Waals surface area contributed by atoms with Crippen molar-refractivity contribution < 1.29 is 4.79 Å². The Morgan fingerprint density at radius 1 is 1.29 bits per heavy atom. The third-order valence-electron chi connectivity index (χ3n) is 2.96. The molecule has 0 aliphatic heterocycles. The van der Waals surface area contributed by atoms with Crippen LogP contribution in [0.5, 0.6) is 0 Å². The van der Waals surface area contributed by atoms with Crippen molar-refractivity contribution in [3.8, 4) is 0 Å². The molecule has 2 rings (SSSR count).